The maximum atomic E-state index is 12.2. The van der Waals surface area contributed by atoms with Gasteiger partial charge in [-0.15, -0.1) is 0 Å². The van der Waals surface area contributed by atoms with Crippen molar-refractivity contribution in [1.82, 2.24) is 0 Å². The molecular formula is C14H31O5PSi. The number of hydrogen-bond acceptors (Lipinski definition) is 5. The van der Waals surface area contributed by atoms with Crippen LogP contribution in [0.3, 0.4) is 0 Å². The molecule has 0 bridgehead atoms. The molecule has 0 aromatic heterocycles. The van der Waals surface area contributed by atoms with E-state index in [1.165, 1.54) is 0 Å². The Hall–Kier alpha value is -0.00312. The van der Waals surface area contributed by atoms with E-state index in [-0.39, 0.29) is 36.6 Å². The SMILES string of the molecule is CCOP(=O)(CC(=O)CCO[Si](C)(C)C(C)(C)C)OCC. The smallest absolute Gasteiger partial charge is 0.338 e. The van der Waals surface area contributed by atoms with E-state index in [9.17, 15) is 9.36 Å². The molecule has 0 aliphatic rings. The normalized spacial score (nSPS) is 13.5. The Labute approximate surface area is 130 Å². The van der Waals surface area contributed by atoms with Gasteiger partial charge in [-0.25, -0.2) is 0 Å². The van der Waals surface area contributed by atoms with Crippen molar-refractivity contribution in [3.8, 4) is 0 Å². The Morgan fingerprint density at radius 2 is 1.57 bits per heavy atom. The highest BCUT2D eigenvalue weighted by Crippen LogP contribution is 2.48. The first-order valence-electron chi connectivity index (χ1n) is 7.51. The van der Waals surface area contributed by atoms with E-state index in [1.54, 1.807) is 13.8 Å². The third-order valence-electron chi connectivity index (χ3n) is 3.67. The first-order valence-corrected chi connectivity index (χ1v) is 12.1. The van der Waals surface area contributed by atoms with E-state index in [4.69, 9.17) is 13.5 Å². The molecule has 126 valence electrons. The second-order valence-corrected chi connectivity index (χ2v) is 13.4. The fourth-order valence-corrected chi connectivity index (χ4v) is 4.13. The van der Waals surface area contributed by atoms with Crippen LogP contribution in [0.1, 0.15) is 41.0 Å². The van der Waals surface area contributed by atoms with Crippen molar-refractivity contribution < 1.29 is 22.8 Å². The van der Waals surface area contributed by atoms with Crippen molar-refractivity contribution in [2.75, 3.05) is 26.0 Å². The summed E-state index contributed by atoms with van der Waals surface area (Å²) in [5.41, 5.74) is 0. The van der Waals surface area contributed by atoms with Gasteiger partial charge in [0.05, 0.1) is 13.2 Å². The fourth-order valence-electron chi connectivity index (χ4n) is 1.45. The van der Waals surface area contributed by atoms with Crippen LogP contribution in [-0.2, 0) is 22.8 Å². The molecule has 0 saturated carbocycles. The standard InChI is InChI=1S/C14H31O5PSi/c1-8-17-20(16,18-9-2)12-13(15)10-11-19-21(6,7)14(3,4)5/h8-12H2,1-7H3. The van der Waals surface area contributed by atoms with Gasteiger partial charge >= 0.3 is 7.60 Å². The Morgan fingerprint density at radius 3 is 1.95 bits per heavy atom. The quantitative estimate of drug-likeness (QED) is 0.440. The molecule has 0 aromatic carbocycles. The lowest BCUT2D eigenvalue weighted by atomic mass is 10.2. The molecule has 0 aliphatic carbocycles. The van der Waals surface area contributed by atoms with Crippen LogP contribution >= 0.6 is 7.60 Å². The number of carbonyl (C=O) groups excluding carboxylic acids is 1. The molecule has 0 radical (unpaired) electrons. The monoisotopic (exact) mass is 338 g/mol. The molecule has 21 heavy (non-hydrogen) atoms. The number of carbonyl (C=O) groups is 1. The van der Waals surface area contributed by atoms with Crippen LogP contribution in [-0.4, -0.2) is 40.1 Å². The topological polar surface area (TPSA) is 61.8 Å². The summed E-state index contributed by atoms with van der Waals surface area (Å²) in [5.74, 6) is -0.140. The Balaban J connectivity index is 4.36. The number of ketones is 1. The molecule has 0 aromatic rings. The number of hydrogen-bond donors (Lipinski definition) is 0. The highest BCUT2D eigenvalue weighted by Gasteiger charge is 2.37. The van der Waals surface area contributed by atoms with Gasteiger partial charge in [-0.2, -0.15) is 0 Å². The molecule has 0 heterocycles. The zero-order valence-electron chi connectivity index (χ0n) is 14.5. The van der Waals surface area contributed by atoms with E-state index < -0.39 is 15.9 Å². The van der Waals surface area contributed by atoms with Crippen molar-refractivity contribution in [1.29, 1.82) is 0 Å². The second kappa shape index (κ2) is 8.58. The largest absolute Gasteiger partial charge is 0.416 e. The molecule has 0 spiro atoms. The molecule has 0 unspecified atom stereocenters. The minimum Gasteiger partial charge on any atom is -0.416 e. The zero-order valence-corrected chi connectivity index (χ0v) is 16.4. The summed E-state index contributed by atoms with van der Waals surface area (Å²) in [7, 11) is -5.13. The molecule has 0 fully saturated rings. The molecule has 0 atom stereocenters. The van der Waals surface area contributed by atoms with Crippen molar-refractivity contribution in [3.63, 3.8) is 0 Å². The Bertz CT molecular complexity index is 366. The summed E-state index contributed by atoms with van der Waals surface area (Å²) in [4.78, 5) is 11.9. The van der Waals surface area contributed by atoms with Gasteiger partial charge in [-0.1, -0.05) is 20.8 Å². The van der Waals surface area contributed by atoms with Crippen LogP contribution in [0.5, 0.6) is 0 Å². The highest BCUT2D eigenvalue weighted by molar-refractivity contribution is 7.54. The van der Waals surface area contributed by atoms with Crippen molar-refractivity contribution in [2.24, 2.45) is 0 Å². The first kappa shape index (κ1) is 21.0. The van der Waals surface area contributed by atoms with Gasteiger partial charge in [0, 0.05) is 13.0 Å². The molecule has 0 aliphatic heterocycles. The molecule has 0 rings (SSSR count). The average Bonchev–Trinajstić information content (AvgIpc) is 2.26. The maximum absolute atomic E-state index is 12.2. The molecule has 0 N–H and O–H groups in total. The third-order valence-corrected chi connectivity index (χ3v) is 10.3. The second-order valence-electron chi connectivity index (χ2n) is 6.50. The van der Waals surface area contributed by atoms with Crippen molar-refractivity contribution >= 4 is 21.7 Å². The van der Waals surface area contributed by atoms with Crippen LogP contribution < -0.4 is 0 Å². The minimum absolute atomic E-state index is 0.113. The van der Waals surface area contributed by atoms with Crippen LogP contribution in [0.25, 0.3) is 0 Å². The summed E-state index contributed by atoms with van der Waals surface area (Å²) < 4.78 is 28.4. The van der Waals surface area contributed by atoms with Crippen molar-refractivity contribution in [2.45, 2.75) is 59.2 Å². The molecule has 5 nitrogen and oxygen atoms in total. The lowest BCUT2D eigenvalue weighted by molar-refractivity contribution is -0.117. The summed E-state index contributed by atoms with van der Waals surface area (Å²) in [6, 6.07) is 0. The van der Waals surface area contributed by atoms with Gasteiger partial charge in [0.15, 0.2) is 8.32 Å². The zero-order chi connectivity index (χ0) is 16.7. The van der Waals surface area contributed by atoms with Gasteiger partial charge < -0.3 is 13.5 Å². The van der Waals surface area contributed by atoms with E-state index in [0.29, 0.717) is 6.61 Å². The van der Waals surface area contributed by atoms with Gasteiger partial charge in [0.1, 0.15) is 11.9 Å². The minimum atomic E-state index is -3.28. The lowest BCUT2D eigenvalue weighted by Gasteiger charge is -2.36. The first-order chi connectivity index (χ1) is 9.47. The Kier molecular flexibility index (Phi) is 8.58. The summed E-state index contributed by atoms with van der Waals surface area (Å²) in [5, 5.41) is 0.113. The Morgan fingerprint density at radius 1 is 1.10 bits per heavy atom. The van der Waals surface area contributed by atoms with Gasteiger partial charge in [0.25, 0.3) is 0 Å². The number of Topliss-reactive ketones (excluding diaryl/α,β-unsaturated/α-hetero) is 1. The molecule has 7 heteroatoms. The number of rotatable bonds is 10. The van der Waals surface area contributed by atoms with Crippen LogP contribution in [0.15, 0.2) is 0 Å². The summed E-state index contributed by atoms with van der Waals surface area (Å²) >= 11 is 0. The van der Waals surface area contributed by atoms with Crippen LogP contribution in [0.2, 0.25) is 18.1 Å². The van der Waals surface area contributed by atoms with Gasteiger partial charge in [-0.3, -0.25) is 9.36 Å². The highest BCUT2D eigenvalue weighted by atomic mass is 31.2. The predicted octanol–water partition coefficient (Wildman–Crippen LogP) is 4.23. The summed E-state index contributed by atoms with van der Waals surface area (Å²) in [6.45, 7) is 15.1. The molecule has 0 saturated heterocycles. The lowest BCUT2D eigenvalue weighted by Crippen LogP contribution is -2.41. The van der Waals surface area contributed by atoms with Crippen LogP contribution in [0.4, 0.5) is 0 Å². The fraction of sp³-hybridized carbons (Fsp3) is 0.929. The van der Waals surface area contributed by atoms with E-state index >= 15 is 0 Å². The predicted molar refractivity (Wildman–Crippen MR) is 88.5 cm³/mol. The van der Waals surface area contributed by atoms with Gasteiger partial charge in [-0.05, 0) is 32.0 Å². The molecule has 0 amide bonds. The van der Waals surface area contributed by atoms with E-state index in [1.807, 2.05) is 0 Å². The van der Waals surface area contributed by atoms with Crippen LogP contribution in [0, 0.1) is 0 Å². The van der Waals surface area contributed by atoms with Gasteiger partial charge in [0.2, 0.25) is 0 Å². The van der Waals surface area contributed by atoms with E-state index in [2.05, 4.69) is 33.9 Å². The average molecular weight is 338 g/mol. The molecular weight excluding hydrogens is 307 g/mol. The third kappa shape index (κ3) is 7.70. The van der Waals surface area contributed by atoms with E-state index in [0.717, 1.165) is 0 Å². The maximum Gasteiger partial charge on any atom is 0.338 e. The summed E-state index contributed by atoms with van der Waals surface area (Å²) in [6.07, 6.45) is 0.0756. The van der Waals surface area contributed by atoms with Crippen molar-refractivity contribution in [3.05, 3.63) is 0 Å².